The van der Waals surface area contributed by atoms with Crippen molar-refractivity contribution in [1.82, 2.24) is 10.6 Å². The van der Waals surface area contributed by atoms with E-state index in [0.29, 0.717) is 16.8 Å². The minimum atomic E-state index is -0.754. The number of hydrogen-bond donors (Lipinski definition) is 2. The van der Waals surface area contributed by atoms with Crippen LogP contribution in [0.15, 0.2) is 59.8 Å². The van der Waals surface area contributed by atoms with E-state index in [0.717, 1.165) is 0 Å². The molecule has 0 radical (unpaired) electrons. The molecule has 2 aromatic rings. The third-order valence-electron chi connectivity index (χ3n) is 4.96. The summed E-state index contributed by atoms with van der Waals surface area (Å²) in [4.78, 5) is 34.3. The van der Waals surface area contributed by atoms with E-state index in [4.69, 9.17) is 9.47 Å². The van der Waals surface area contributed by atoms with Crippen molar-refractivity contribution >= 4 is 17.3 Å². The van der Waals surface area contributed by atoms with E-state index in [1.807, 2.05) is 0 Å². The second-order valence-corrected chi connectivity index (χ2v) is 7.05. The van der Waals surface area contributed by atoms with Crippen LogP contribution in [0.25, 0.3) is 0 Å². The van der Waals surface area contributed by atoms with Gasteiger partial charge in [-0.05, 0) is 18.1 Å². The van der Waals surface area contributed by atoms with Crippen LogP contribution in [0.2, 0.25) is 0 Å². The van der Waals surface area contributed by atoms with Crippen molar-refractivity contribution in [2.45, 2.75) is 19.1 Å². The van der Waals surface area contributed by atoms with Crippen LogP contribution in [0.4, 0.5) is 11.4 Å². The number of nitrogens with one attached hydrogen (secondary N) is 2. The lowest BCUT2D eigenvalue weighted by molar-refractivity contribution is -0.385. The summed E-state index contributed by atoms with van der Waals surface area (Å²) in [5.41, 5.74) is 1.58. The number of nitrogens with zero attached hydrogens (tertiary/aromatic N) is 2. The van der Waals surface area contributed by atoms with Crippen LogP contribution in [0, 0.1) is 20.2 Å². The highest BCUT2D eigenvalue weighted by atomic mass is 16.6. The molecule has 11 heteroatoms. The number of non-ortho nitro benzene ring substituents is 2. The van der Waals surface area contributed by atoms with E-state index in [1.165, 1.54) is 37.4 Å². The first-order valence-electron chi connectivity index (χ1n) is 9.70. The molecule has 0 spiro atoms. The molecular formula is C21H22N4O7. The molecule has 3 rings (SSSR count). The number of benzene rings is 2. The van der Waals surface area contributed by atoms with E-state index < -0.39 is 28.0 Å². The van der Waals surface area contributed by atoms with Crippen LogP contribution in [0.3, 0.4) is 0 Å². The lowest BCUT2D eigenvalue weighted by Crippen LogP contribution is -2.44. The molecule has 1 heterocycles. The van der Waals surface area contributed by atoms with Gasteiger partial charge in [0.25, 0.3) is 11.4 Å². The number of hydrogen-bond acceptors (Lipinski definition) is 9. The molecule has 1 aliphatic rings. The van der Waals surface area contributed by atoms with Crippen LogP contribution in [0.5, 0.6) is 0 Å². The Bertz CT molecular complexity index is 1070. The molecule has 0 amide bonds. The van der Waals surface area contributed by atoms with Gasteiger partial charge in [0.15, 0.2) is 0 Å². The normalized spacial score (nSPS) is 18.1. The topological polar surface area (TPSA) is 146 Å². The highest BCUT2D eigenvalue weighted by Gasteiger charge is 2.34. The van der Waals surface area contributed by atoms with Crippen molar-refractivity contribution in [1.29, 1.82) is 0 Å². The lowest BCUT2D eigenvalue weighted by Gasteiger charge is -2.35. The van der Waals surface area contributed by atoms with Gasteiger partial charge in [-0.2, -0.15) is 0 Å². The van der Waals surface area contributed by atoms with Gasteiger partial charge in [-0.25, -0.2) is 4.79 Å². The molecule has 168 valence electrons. The first-order chi connectivity index (χ1) is 15.3. The van der Waals surface area contributed by atoms with Gasteiger partial charge in [-0.1, -0.05) is 24.3 Å². The average molecular weight is 442 g/mol. The van der Waals surface area contributed by atoms with Gasteiger partial charge < -0.3 is 14.8 Å². The fourth-order valence-electron chi connectivity index (χ4n) is 3.45. The summed E-state index contributed by atoms with van der Waals surface area (Å²) in [5.74, 6) is -0.603. The zero-order chi connectivity index (χ0) is 23.3. The SMILES string of the molecule is COCCOC(=O)C1=C(C)N[C@H](c2cccc([N+](=O)[O-])c2)N[C@H]1c1cccc([N+](=O)[O-])c1. The third-order valence-corrected chi connectivity index (χ3v) is 4.96. The van der Waals surface area contributed by atoms with E-state index in [-0.39, 0.29) is 30.2 Å². The maximum atomic E-state index is 12.8. The van der Waals surface area contributed by atoms with Gasteiger partial charge in [0.05, 0.1) is 28.1 Å². The number of carbonyl (C=O) groups is 1. The van der Waals surface area contributed by atoms with Crippen molar-refractivity contribution in [2.24, 2.45) is 0 Å². The van der Waals surface area contributed by atoms with Gasteiger partial charge in [0.2, 0.25) is 0 Å². The van der Waals surface area contributed by atoms with Gasteiger partial charge in [0.1, 0.15) is 12.8 Å². The Morgan fingerprint density at radius 3 is 2.19 bits per heavy atom. The summed E-state index contributed by atoms with van der Waals surface area (Å²) in [6, 6.07) is 11.2. The van der Waals surface area contributed by atoms with Crippen LogP contribution in [-0.4, -0.2) is 36.1 Å². The highest BCUT2D eigenvalue weighted by Crippen LogP contribution is 2.34. The first-order valence-corrected chi connectivity index (χ1v) is 9.70. The summed E-state index contributed by atoms with van der Waals surface area (Å²) < 4.78 is 10.2. The molecule has 0 bridgehead atoms. The van der Waals surface area contributed by atoms with E-state index in [9.17, 15) is 25.0 Å². The fraction of sp³-hybridized carbons (Fsp3) is 0.286. The van der Waals surface area contributed by atoms with Gasteiger partial charge >= 0.3 is 5.97 Å². The number of ether oxygens (including phenoxy) is 2. The van der Waals surface area contributed by atoms with Gasteiger partial charge in [-0.3, -0.25) is 25.5 Å². The summed E-state index contributed by atoms with van der Waals surface area (Å²) >= 11 is 0. The van der Waals surface area contributed by atoms with Gasteiger partial charge in [0, 0.05) is 37.1 Å². The van der Waals surface area contributed by atoms with Crippen molar-refractivity contribution in [2.75, 3.05) is 20.3 Å². The summed E-state index contributed by atoms with van der Waals surface area (Å²) in [7, 11) is 1.48. The molecule has 11 nitrogen and oxygen atoms in total. The minimum absolute atomic E-state index is 0.0437. The third kappa shape index (κ3) is 5.07. The molecule has 2 atom stereocenters. The number of methoxy groups -OCH3 is 1. The second kappa shape index (κ2) is 9.98. The molecule has 1 aliphatic heterocycles. The standard InChI is InChI=1S/C21H22N4O7/c1-13-18(21(26)32-10-9-31-2)19(14-5-3-7-16(11-14)24(27)28)23-20(22-13)15-6-4-8-17(12-15)25(29)30/h3-8,11-12,19-20,22-23H,9-10H2,1-2H3/t19-,20-/m0/s1. The summed E-state index contributed by atoms with van der Waals surface area (Å²) in [5, 5.41) is 28.8. The Hall–Kier alpha value is -3.83. The number of carbonyl (C=O) groups excluding carboxylic acids is 1. The van der Waals surface area contributed by atoms with Crippen molar-refractivity contribution < 1.29 is 24.1 Å². The number of nitro benzene ring substituents is 2. The quantitative estimate of drug-likeness (QED) is 0.273. The van der Waals surface area contributed by atoms with Crippen LogP contribution in [-0.2, 0) is 14.3 Å². The predicted molar refractivity (Wildman–Crippen MR) is 113 cm³/mol. The fourth-order valence-corrected chi connectivity index (χ4v) is 3.45. The zero-order valence-corrected chi connectivity index (χ0v) is 17.4. The Morgan fingerprint density at radius 2 is 1.59 bits per heavy atom. The maximum absolute atomic E-state index is 12.8. The minimum Gasteiger partial charge on any atom is -0.460 e. The van der Waals surface area contributed by atoms with E-state index in [1.54, 1.807) is 25.1 Å². The van der Waals surface area contributed by atoms with Crippen molar-refractivity contribution in [3.8, 4) is 0 Å². The molecule has 0 saturated carbocycles. The molecule has 0 unspecified atom stereocenters. The Morgan fingerprint density at radius 1 is 1.00 bits per heavy atom. The molecule has 0 aromatic heterocycles. The van der Waals surface area contributed by atoms with Crippen LogP contribution < -0.4 is 10.6 Å². The predicted octanol–water partition coefficient (Wildman–Crippen LogP) is 2.90. The number of rotatable bonds is 8. The molecule has 2 aromatic carbocycles. The smallest absolute Gasteiger partial charge is 0.337 e. The first kappa shape index (κ1) is 22.8. The van der Waals surface area contributed by atoms with E-state index >= 15 is 0 Å². The monoisotopic (exact) mass is 442 g/mol. The lowest BCUT2D eigenvalue weighted by atomic mass is 9.93. The zero-order valence-electron chi connectivity index (χ0n) is 17.4. The van der Waals surface area contributed by atoms with E-state index in [2.05, 4.69) is 10.6 Å². The van der Waals surface area contributed by atoms with Gasteiger partial charge in [-0.15, -0.1) is 0 Å². The molecule has 0 aliphatic carbocycles. The number of nitro groups is 2. The summed E-state index contributed by atoms with van der Waals surface area (Å²) in [6.07, 6.45) is -0.588. The Balaban J connectivity index is 2.02. The largest absolute Gasteiger partial charge is 0.460 e. The highest BCUT2D eigenvalue weighted by molar-refractivity contribution is 5.91. The molecule has 32 heavy (non-hydrogen) atoms. The maximum Gasteiger partial charge on any atom is 0.337 e. The number of allylic oxidation sites excluding steroid dienone is 1. The average Bonchev–Trinajstić information content (AvgIpc) is 2.78. The molecule has 0 saturated heterocycles. The Kier molecular flexibility index (Phi) is 7.13. The van der Waals surface area contributed by atoms with Crippen molar-refractivity contribution in [3.05, 3.63) is 91.2 Å². The van der Waals surface area contributed by atoms with Crippen molar-refractivity contribution in [3.63, 3.8) is 0 Å². The molecule has 2 N–H and O–H groups in total. The summed E-state index contributed by atoms with van der Waals surface area (Å²) in [6.45, 7) is 1.95. The number of esters is 1. The molecular weight excluding hydrogens is 420 g/mol. The molecule has 0 fully saturated rings. The van der Waals surface area contributed by atoms with Crippen LogP contribution >= 0.6 is 0 Å². The second-order valence-electron chi connectivity index (χ2n) is 7.05. The van der Waals surface area contributed by atoms with Crippen LogP contribution in [0.1, 0.15) is 30.3 Å². The Labute approximate surface area is 183 Å².